The topological polar surface area (TPSA) is 68.0 Å². The summed E-state index contributed by atoms with van der Waals surface area (Å²) < 4.78 is 4.68. The molecule has 1 rings (SSSR count). The first-order chi connectivity index (χ1) is 5.18. The quantitative estimate of drug-likeness (QED) is 0.645. The highest BCUT2D eigenvalue weighted by Crippen LogP contribution is 1.93. The van der Waals surface area contributed by atoms with Gasteiger partial charge >= 0.3 is 0 Å². The number of hydrogen-bond acceptors (Lipinski definition) is 4. The van der Waals surface area contributed by atoms with Crippen molar-refractivity contribution in [2.45, 2.75) is 13.5 Å². The van der Waals surface area contributed by atoms with Crippen molar-refractivity contribution < 1.29 is 9.32 Å². The Bertz CT molecular complexity index is 256. The molecule has 11 heavy (non-hydrogen) atoms. The number of hydrogen-bond donors (Lipinski definition) is 1. The van der Waals surface area contributed by atoms with Crippen LogP contribution in [-0.4, -0.2) is 16.0 Å². The minimum atomic E-state index is -0.131. The first-order valence-corrected chi connectivity index (χ1v) is 3.07. The highest BCUT2D eigenvalue weighted by atomic mass is 16.5. The average Bonchev–Trinajstić information content (AvgIpc) is 2.31. The Morgan fingerprint density at radius 2 is 2.55 bits per heavy atom. The van der Waals surface area contributed by atoms with Crippen molar-refractivity contribution in [2.24, 2.45) is 0 Å². The Labute approximate surface area is 63.8 Å². The monoisotopic (exact) mass is 154 g/mol. The second kappa shape index (κ2) is 3.14. The van der Waals surface area contributed by atoms with E-state index in [0.717, 1.165) is 0 Å². The van der Waals surface area contributed by atoms with Gasteiger partial charge in [0.25, 0.3) is 0 Å². The molecule has 5 heteroatoms. The van der Waals surface area contributed by atoms with Crippen LogP contribution in [0.25, 0.3) is 0 Å². The Hall–Kier alpha value is -1.39. The van der Waals surface area contributed by atoms with Crippen molar-refractivity contribution in [1.82, 2.24) is 15.5 Å². The van der Waals surface area contributed by atoms with Crippen LogP contribution in [0.2, 0.25) is 0 Å². The maximum atomic E-state index is 10.4. The molecule has 1 heterocycles. The summed E-state index contributed by atoms with van der Waals surface area (Å²) in [5.74, 6) is 0.560. The number of amides is 1. The van der Waals surface area contributed by atoms with Gasteiger partial charge < -0.3 is 9.84 Å². The fourth-order valence-corrected chi connectivity index (χ4v) is 0.562. The summed E-state index contributed by atoms with van der Waals surface area (Å²) in [5, 5.41) is 5.96. The molecule has 1 aromatic rings. The van der Waals surface area contributed by atoms with Gasteiger partial charge in [0.2, 0.25) is 11.8 Å². The van der Waals surface area contributed by atoms with Crippen LogP contribution in [0, 0.1) is 6.92 Å². The van der Waals surface area contributed by atoms with E-state index in [4.69, 9.17) is 0 Å². The van der Waals surface area contributed by atoms with Gasteiger partial charge in [-0.05, 0) is 0 Å². The molecule has 0 aliphatic rings. The van der Waals surface area contributed by atoms with Crippen molar-refractivity contribution in [1.29, 1.82) is 0 Å². The molecule has 1 aromatic heterocycles. The molecule has 0 unspecified atom stereocenters. The third kappa shape index (κ3) is 2.37. The second-order valence-corrected chi connectivity index (χ2v) is 2.01. The van der Waals surface area contributed by atoms with Gasteiger partial charge in [0, 0.05) is 13.8 Å². The molecule has 59 valence electrons. The minimum absolute atomic E-state index is 0.131. The molecule has 1 amide bonds. The molecule has 1 N–H and O–H groups in total. The van der Waals surface area contributed by atoms with Crippen LogP contribution in [0.3, 0.4) is 0 Å². The van der Waals surface area contributed by atoms with Crippen LogP contribution in [0.5, 0.6) is 0 Å². The van der Waals surface area contributed by atoms with E-state index in [1.165, 1.54) is 6.92 Å². The maximum absolute atomic E-state index is 10.4. The normalized spacial score (nSPS) is 9.64. The van der Waals surface area contributed by atoms with Crippen LogP contribution in [-0.2, 0) is 11.3 Å². The smallest absolute Gasteiger partial charge is 0.246 e. The lowest BCUT2D eigenvalue weighted by atomic mass is 10.6. The summed E-state index contributed by atoms with van der Waals surface area (Å²) in [6.45, 7) is 5.12. The van der Waals surface area contributed by atoms with Gasteiger partial charge in [-0.15, -0.1) is 0 Å². The Morgan fingerprint density at radius 1 is 1.82 bits per heavy atom. The number of nitrogens with one attached hydrogen (secondary N) is 1. The van der Waals surface area contributed by atoms with Crippen LogP contribution in [0.1, 0.15) is 18.6 Å². The molecule has 0 saturated carbocycles. The molecule has 0 fully saturated rings. The average molecular weight is 154 g/mol. The van der Waals surface area contributed by atoms with Gasteiger partial charge in [-0.25, -0.2) is 0 Å². The van der Waals surface area contributed by atoms with E-state index >= 15 is 0 Å². The van der Waals surface area contributed by atoms with Crippen molar-refractivity contribution in [2.75, 3.05) is 0 Å². The lowest BCUT2D eigenvalue weighted by molar-refractivity contribution is -0.119. The lowest BCUT2D eigenvalue weighted by Crippen LogP contribution is -2.18. The highest BCUT2D eigenvalue weighted by molar-refractivity contribution is 5.72. The van der Waals surface area contributed by atoms with E-state index in [2.05, 4.69) is 26.9 Å². The van der Waals surface area contributed by atoms with Gasteiger partial charge in [0.1, 0.15) is 0 Å². The van der Waals surface area contributed by atoms with E-state index in [1.54, 1.807) is 0 Å². The minimum Gasteiger partial charge on any atom is -0.347 e. The number of nitrogens with zero attached hydrogens (tertiary/aromatic N) is 2. The number of carbonyl (C=O) groups excluding carboxylic acids is 1. The standard InChI is InChI=1S/C6H8N3O2/c1-4-8-6(11-9-4)3-7-5(2)10/h1,3H2,2H3,(H,7,10). The van der Waals surface area contributed by atoms with Gasteiger partial charge in [-0.2, -0.15) is 4.98 Å². The van der Waals surface area contributed by atoms with Gasteiger partial charge in [0.05, 0.1) is 6.54 Å². The van der Waals surface area contributed by atoms with Crippen molar-refractivity contribution >= 4 is 5.91 Å². The summed E-state index contributed by atoms with van der Waals surface area (Å²) >= 11 is 0. The highest BCUT2D eigenvalue weighted by Gasteiger charge is 2.01. The molecule has 0 aliphatic heterocycles. The third-order valence-electron chi connectivity index (χ3n) is 0.999. The Kier molecular flexibility index (Phi) is 2.20. The van der Waals surface area contributed by atoms with E-state index in [-0.39, 0.29) is 12.5 Å². The zero-order valence-corrected chi connectivity index (χ0v) is 6.13. The fraction of sp³-hybridized carbons (Fsp3) is 0.333. The molecule has 1 radical (unpaired) electrons. The molecular formula is C6H8N3O2. The van der Waals surface area contributed by atoms with E-state index in [9.17, 15) is 4.79 Å². The largest absolute Gasteiger partial charge is 0.347 e. The van der Waals surface area contributed by atoms with Crippen LogP contribution in [0.15, 0.2) is 4.52 Å². The summed E-state index contributed by atoms with van der Waals surface area (Å²) in [4.78, 5) is 14.2. The zero-order valence-electron chi connectivity index (χ0n) is 6.13. The summed E-state index contributed by atoms with van der Waals surface area (Å²) in [6, 6.07) is 0. The number of carbonyl (C=O) groups is 1. The van der Waals surface area contributed by atoms with Crippen molar-refractivity contribution in [3.8, 4) is 0 Å². The Morgan fingerprint density at radius 3 is 3.00 bits per heavy atom. The summed E-state index contributed by atoms with van der Waals surface area (Å²) in [7, 11) is 0. The lowest BCUT2D eigenvalue weighted by Gasteiger charge is -1.93. The molecule has 0 saturated heterocycles. The van der Waals surface area contributed by atoms with Gasteiger partial charge in [-0.3, -0.25) is 4.79 Å². The first kappa shape index (κ1) is 7.71. The van der Waals surface area contributed by atoms with E-state index in [1.807, 2.05) is 0 Å². The van der Waals surface area contributed by atoms with Gasteiger partial charge in [0.15, 0.2) is 5.82 Å². The van der Waals surface area contributed by atoms with Crippen LogP contribution in [0.4, 0.5) is 0 Å². The summed E-state index contributed by atoms with van der Waals surface area (Å²) in [6.07, 6.45) is 0. The van der Waals surface area contributed by atoms with E-state index in [0.29, 0.717) is 11.7 Å². The van der Waals surface area contributed by atoms with Crippen molar-refractivity contribution in [3.05, 3.63) is 18.6 Å². The third-order valence-corrected chi connectivity index (χ3v) is 0.999. The van der Waals surface area contributed by atoms with Crippen LogP contribution < -0.4 is 5.32 Å². The fourth-order valence-electron chi connectivity index (χ4n) is 0.562. The predicted octanol–water partition coefficient (Wildman–Crippen LogP) is -0.112. The number of aromatic nitrogens is 2. The maximum Gasteiger partial charge on any atom is 0.246 e. The second-order valence-electron chi connectivity index (χ2n) is 2.01. The zero-order chi connectivity index (χ0) is 8.27. The number of rotatable bonds is 2. The molecule has 0 aromatic carbocycles. The van der Waals surface area contributed by atoms with Crippen molar-refractivity contribution in [3.63, 3.8) is 0 Å². The molecular weight excluding hydrogens is 146 g/mol. The van der Waals surface area contributed by atoms with E-state index < -0.39 is 0 Å². The Balaban J connectivity index is 2.45. The SMILES string of the molecule is [CH2]c1noc(CNC(C)=O)n1. The molecule has 0 spiro atoms. The first-order valence-electron chi connectivity index (χ1n) is 3.07. The molecule has 5 nitrogen and oxygen atoms in total. The summed E-state index contributed by atoms with van der Waals surface area (Å²) in [5.41, 5.74) is 0. The molecule has 0 aliphatic carbocycles. The predicted molar refractivity (Wildman–Crippen MR) is 36.3 cm³/mol. The molecule has 0 atom stereocenters. The van der Waals surface area contributed by atoms with Crippen LogP contribution >= 0.6 is 0 Å². The molecule has 0 bridgehead atoms. The van der Waals surface area contributed by atoms with Gasteiger partial charge in [-0.1, -0.05) is 5.16 Å².